The number of carbonyl (C=O) groups excluding carboxylic acids is 1. The molecule has 1 aromatic heterocycles. The second kappa shape index (κ2) is 7.99. The van der Waals surface area contributed by atoms with Gasteiger partial charge in [0.1, 0.15) is 11.6 Å². The van der Waals surface area contributed by atoms with Gasteiger partial charge in [0.15, 0.2) is 6.61 Å². The molecule has 0 bridgehead atoms. The minimum Gasteiger partial charge on any atom is -0.484 e. The highest BCUT2D eigenvalue weighted by atomic mass is 19.1. The van der Waals surface area contributed by atoms with Crippen LogP contribution in [0.25, 0.3) is 0 Å². The van der Waals surface area contributed by atoms with Crippen molar-refractivity contribution in [2.45, 2.75) is 6.42 Å². The van der Waals surface area contributed by atoms with E-state index in [0.29, 0.717) is 12.3 Å². The molecule has 1 aromatic carbocycles. The van der Waals surface area contributed by atoms with Crippen molar-refractivity contribution in [3.05, 3.63) is 52.7 Å². The van der Waals surface area contributed by atoms with Gasteiger partial charge in [-0.05, 0) is 24.5 Å². The van der Waals surface area contributed by atoms with Crippen molar-refractivity contribution in [3.63, 3.8) is 0 Å². The zero-order chi connectivity index (χ0) is 18.5. The van der Waals surface area contributed by atoms with Crippen LogP contribution in [-0.2, 0) is 11.8 Å². The van der Waals surface area contributed by atoms with Gasteiger partial charge >= 0.3 is 0 Å². The van der Waals surface area contributed by atoms with E-state index in [1.54, 1.807) is 25.4 Å². The zero-order valence-electron chi connectivity index (χ0n) is 14.5. The molecule has 1 saturated heterocycles. The lowest BCUT2D eigenvalue weighted by Crippen LogP contribution is -2.34. The maximum atomic E-state index is 13.1. The number of aryl methyl sites for hydroxylation is 1. The molecule has 3 rings (SSSR count). The fourth-order valence-electron chi connectivity index (χ4n) is 2.88. The van der Waals surface area contributed by atoms with Gasteiger partial charge in [0.05, 0.1) is 11.9 Å². The third-order valence-electron chi connectivity index (χ3n) is 4.36. The minimum absolute atomic E-state index is 0.145. The van der Waals surface area contributed by atoms with Crippen molar-refractivity contribution < 1.29 is 13.9 Å². The second-order valence-electron chi connectivity index (χ2n) is 6.33. The number of hydrogen-bond donors (Lipinski definition) is 1. The van der Waals surface area contributed by atoms with Crippen molar-refractivity contribution in [3.8, 4) is 5.75 Å². The number of carbonyl (C=O) groups is 1. The van der Waals surface area contributed by atoms with Crippen molar-refractivity contribution in [2.75, 3.05) is 31.1 Å². The average molecular weight is 360 g/mol. The van der Waals surface area contributed by atoms with Crippen LogP contribution in [0.5, 0.6) is 5.75 Å². The topological polar surface area (TPSA) is 76.5 Å². The number of amides is 1. The van der Waals surface area contributed by atoms with Crippen LogP contribution in [0, 0.1) is 11.7 Å². The van der Waals surface area contributed by atoms with Crippen molar-refractivity contribution in [2.24, 2.45) is 13.0 Å². The van der Waals surface area contributed by atoms with Crippen LogP contribution in [0.4, 0.5) is 10.1 Å². The average Bonchev–Trinajstić information content (AvgIpc) is 3.09. The maximum absolute atomic E-state index is 13.1. The van der Waals surface area contributed by atoms with Crippen LogP contribution in [-0.4, -0.2) is 41.9 Å². The van der Waals surface area contributed by atoms with Gasteiger partial charge in [-0.3, -0.25) is 9.59 Å². The first-order valence-electron chi connectivity index (χ1n) is 8.44. The number of nitrogens with one attached hydrogen (secondary N) is 1. The zero-order valence-corrected chi connectivity index (χ0v) is 14.5. The number of nitrogens with zero attached hydrogens (tertiary/aromatic N) is 3. The molecule has 1 amide bonds. The molecule has 7 nitrogen and oxygen atoms in total. The molecule has 1 aliphatic heterocycles. The van der Waals surface area contributed by atoms with E-state index in [1.165, 1.54) is 22.9 Å². The van der Waals surface area contributed by atoms with Gasteiger partial charge in [0.2, 0.25) is 0 Å². The summed E-state index contributed by atoms with van der Waals surface area (Å²) in [6, 6.07) is 7.25. The number of anilines is 1. The van der Waals surface area contributed by atoms with Gasteiger partial charge in [-0.15, -0.1) is 0 Å². The fourth-order valence-corrected chi connectivity index (χ4v) is 2.88. The standard InChI is InChI=1S/C18H21FN4O3/c1-22-18(25)8-15(10-21-22)23-6-5-13(11-23)9-20-17(24)12-26-16-4-2-3-14(19)7-16/h2-4,7-8,10,13H,5-6,9,11-12H2,1H3,(H,20,24)/t13-/m1/s1. The summed E-state index contributed by atoms with van der Waals surface area (Å²) in [6.07, 6.45) is 2.59. The van der Waals surface area contributed by atoms with Gasteiger partial charge in [-0.25, -0.2) is 9.07 Å². The summed E-state index contributed by atoms with van der Waals surface area (Å²) in [6.45, 7) is 1.94. The molecule has 2 aromatic rings. The van der Waals surface area contributed by atoms with E-state index in [4.69, 9.17) is 4.74 Å². The molecule has 8 heteroatoms. The van der Waals surface area contributed by atoms with Crippen LogP contribution in [0.15, 0.2) is 41.3 Å². The Morgan fingerprint density at radius 3 is 3.04 bits per heavy atom. The summed E-state index contributed by atoms with van der Waals surface area (Å²) < 4.78 is 19.6. The molecular formula is C18H21FN4O3. The Hall–Kier alpha value is -2.90. The Morgan fingerprint density at radius 2 is 2.27 bits per heavy atom. The van der Waals surface area contributed by atoms with Gasteiger partial charge in [-0.2, -0.15) is 5.10 Å². The number of aromatic nitrogens is 2. The summed E-state index contributed by atoms with van der Waals surface area (Å²) in [7, 11) is 1.61. The maximum Gasteiger partial charge on any atom is 0.268 e. The third-order valence-corrected chi connectivity index (χ3v) is 4.36. The van der Waals surface area contributed by atoms with Gasteiger partial charge in [0, 0.05) is 38.8 Å². The number of hydrogen-bond acceptors (Lipinski definition) is 5. The quantitative estimate of drug-likeness (QED) is 0.830. The Kier molecular flexibility index (Phi) is 5.50. The molecule has 0 radical (unpaired) electrons. The molecule has 26 heavy (non-hydrogen) atoms. The third kappa shape index (κ3) is 4.59. The predicted octanol–water partition coefficient (Wildman–Crippen LogP) is 0.941. The smallest absolute Gasteiger partial charge is 0.268 e. The highest BCUT2D eigenvalue weighted by molar-refractivity contribution is 5.77. The number of ether oxygens (including phenoxy) is 1. The van der Waals surface area contributed by atoms with Crippen molar-refractivity contribution in [1.82, 2.24) is 15.1 Å². The lowest BCUT2D eigenvalue weighted by atomic mass is 10.1. The van der Waals surface area contributed by atoms with E-state index >= 15 is 0 Å². The molecule has 1 aliphatic rings. The Bertz CT molecular complexity index is 839. The fraction of sp³-hybridized carbons (Fsp3) is 0.389. The lowest BCUT2D eigenvalue weighted by molar-refractivity contribution is -0.123. The lowest BCUT2D eigenvalue weighted by Gasteiger charge is -2.18. The highest BCUT2D eigenvalue weighted by Crippen LogP contribution is 2.21. The summed E-state index contributed by atoms with van der Waals surface area (Å²) in [5.41, 5.74) is 0.658. The van der Waals surface area contributed by atoms with Gasteiger partial charge < -0.3 is 15.0 Å². The van der Waals surface area contributed by atoms with Crippen molar-refractivity contribution >= 4 is 11.6 Å². The Balaban J connectivity index is 1.43. The molecule has 1 atom stereocenters. The summed E-state index contributed by atoms with van der Waals surface area (Å²) in [4.78, 5) is 25.7. The van der Waals surface area contributed by atoms with E-state index in [1.807, 2.05) is 0 Å². The Labute approximate surface area is 150 Å². The van der Waals surface area contributed by atoms with E-state index in [2.05, 4.69) is 15.3 Å². The monoisotopic (exact) mass is 360 g/mol. The van der Waals surface area contributed by atoms with E-state index in [0.717, 1.165) is 25.2 Å². The van der Waals surface area contributed by atoms with Crippen LogP contribution in [0.2, 0.25) is 0 Å². The molecule has 1 fully saturated rings. The summed E-state index contributed by atoms with van der Waals surface area (Å²) >= 11 is 0. The normalized spacial score (nSPS) is 16.5. The summed E-state index contributed by atoms with van der Waals surface area (Å²) in [5.74, 6) is -0.0373. The molecule has 138 valence electrons. The van der Waals surface area contributed by atoms with Crippen LogP contribution < -0.4 is 20.5 Å². The van der Waals surface area contributed by atoms with Crippen LogP contribution in [0.3, 0.4) is 0 Å². The van der Waals surface area contributed by atoms with Gasteiger partial charge in [0.25, 0.3) is 11.5 Å². The predicted molar refractivity (Wildman–Crippen MR) is 94.7 cm³/mol. The molecule has 2 heterocycles. The molecule has 0 aliphatic carbocycles. The van der Waals surface area contributed by atoms with E-state index < -0.39 is 5.82 Å². The van der Waals surface area contributed by atoms with E-state index in [9.17, 15) is 14.0 Å². The first-order valence-corrected chi connectivity index (χ1v) is 8.44. The van der Waals surface area contributed by atoms with Crippen LogP contribution >= 0.6 is 0 Å². The van der Waals surface area contributed by atoms with Gasteiger partial charge in [-0.1, -0.05) is 6.07 Å². The minimum atomic E-state index is -0.404. The first kappa shape index (κ1) is 17.9. The molecule has 0 unspecified atom stereocenters. The van der Waals surface area contributed by atoms with Crippen molar-refractivity contribution in [1.29, 1.82) is 0 Å². The SMILES string of the molecule is Cn1ncc(N2CC[C@H](CNC(=O)COc3cccc(F)c3)C2)cc1=O. The summed E-state index contributed by atoms with van der Waals surface area (Å²) in [5, 5.41) is 6.87. The number of rotatable bonds is 6. The molecule has 1 N–H and O–H groups in total. The number of benzene rings is 1. The highest BCUT2D eigenvalue weighted by Gasteiger charge is 2.23. The van der Waals surface area contributed by atoms with E-state index in [-0.39, 0.29) is 24.0 Å². The molecular weight excluding hydrogens is 339 g/mol. The molecule has 0 spiro atoms. The van der Waals surface area contributed by atoms with Crippen LogP contribution in [0.1, 0.15) is 6.42 Å². The largest absolute Gasteiger partial charge is 0.484 e. The number of halogens is 1. The molecule has 0 saturated carbocycles. The first-order chi connectivity index (χ1) is 12.5. The Morgan fingerprint density at radius 1 is 1.42 bits per heavy atom. The second-order valence-corrected chi connectivity index (χ2v) is 6.33.